The van der Waals surface area contributed by atoms with Crippen LogP contribution in [0.2, 0.25) is 0 Å². The lowest BCUT2D eigenvalue weighted by Gasteiger charge is -2.15. The number of hydrogen-bond acceptors (Lipinski definition) is 5. The van der Waals surface area contributed by atoms with Gasteiger partial charge in [-0.05, 0) is 29.7 Å². The minimum Gasteiger partial charge on any atom is -0.320 e. The van der Waals surface area contributed by atoms with Gasteiger partial charge in [-0.15, -0.1) is 11.3 Å². The number of halogens is 3. The second-order valence-corrected chi connectivity index (χ2v) is 8.19. The number of nitrogens with zero attached hydrogens (tertiary/aromatic N) is 4. The molecule has 0 aliphatic rings. The Bertz CT molecular complexity index is 1230. The lowest BCUT2D eigenvalue weighted by atomic mass is 10.0. The average molecular weight is 457 g/mol. The SMILES string of the molecule is CC(C)c1ccc(-c2nc(C(=O)Nc3ccc(-n4cncn4)cc3C(F)(F)F)cs2)cc1. The van der Waals surface area contributed by atoms with E-state index in [1.165, 1.54) is 51.7 Å². The summed E-state index contributed by atoms with van der Waals surface area (Å²) in [6.07, 6.45) is -2.16. The molecule has 0 aliphatic carbocycles. The number of alkyl halides is 3. The van der Waals surface area contributed by atoms with Crippen LogP contribution in [-0.4, -0.2) is 25.7 Å². The third-order valence-corrected chi connectivity index (χ3v) is 5.69. The van der Waals surface area contributed by atoms with E-state index in [9.17, 15) is 18.0 Å². The number of rotatable bonds is 5. The van der Waals surface area contributed by atoms with Crippen LogP contribution in [0.3, 0.4) is 0 Å². The van der Waals surface area contributed by atoms with Crippen LogP contribution in [0, 0.1) is 0 Å². The van der Waals surface area contributed by atoms with Crippen LogP contribution < -0.4 is 5.32 Å². The molecule has 0 spiro atoms. The molecular weight excluding hydrogens is 439 g/mol. The lowest BCUT2D eigenvalue weighted by Crippen LogP contribution is -2.17. The van der Waals surface area contributed by atoms with Gasteiger partial charge in [-0.1, -0.05) is 38.1 Å². The van der Waals surface area contributed by atoms with E-state index in [1.54, 1.807) is 0 Å². The maximum atomic E-state index is 13.6. The minimum absolute atomic E-state index is 0.0476. The molecule has 0 saturated carbocycles. The maximum absolute atomic E-state index is 13.6. The summed E-state index contributed by atoms with van der Waals surface area (Å²) in [7, 11) is 0. The van der Waals surface area contributed by atoms with Crippen molar-refractivity contribution in [3.05, 3.63) is 77.3 Å². The number of thiazole rings is 1. The van der Waals surface area contributed by atoms with Gasteiger partial charge in [0, 0.05) is 10.9 Å². The fraction of sp³-hybridized carbons (Fsp3) is 0.182. The van der Waals surface area contributed by atoms with Crippen molar-refractivity contribution in [2.45, 2.75) is 25.9 Å². The van der Waals surface area contributed by atoms with Crippen molar-refractivity contribution in [1.82, 2.24) is 19.7 Å². The number of benzene rings is 2. The zero-order valence-electron chi connectivity index (χ0n) is 17.1. The first-order valence-electron chi connectivity index (χ1n) is 9.66. The van der Waals surface area contributed by atoms with E-state index in [0.717, 1.165) is 11.6 Å². The van der Waals surface area contributed by atoms with Crippen LogP contribution in [0.1, 0.15) is 41.4 Å². The molecule has 1 N–H and O–H groups in total. The summed E-state index contributed by atoms with van der Waals surface area (Å²) in [5.74, 6) is -0.328. The summed E-state index contributed by atoms with van der Waals surface area (Å²) in [5.41, 5.74) is 0.893. The number of aromatic nitrogens is 4. The molecule has 6 nitrogen and oxygen atoms in total. The quantitative estimate of drug-likeness (QED) is 0.412. The van der Waals surface area contributed by atoms with E-state index in [-0.39, 0.29) is 17.1 Å². The third kappa shape index (κ3) is 4.54. The van der Waals surface area contributed by atoms with Crippen LogP contribution in [-0.2, 0) is 6.18 Å². The predicted octanol–water partition coefficient (Wildman–Crippen LogP) is 5.79. The highest BCUT2D eigenvalue weighted by atomic mass is 32.1. The van der Waals surface area contributed by atoms with Gasteiger partial charge in [0.15, 0.2) is 0 Å². The Balaban J connectivity index is 1.58. The molecular formula is C22H18F3N5OS. The molecule has 0 saturated heterocycles. The van der Waals surface area contributed by atoms with Gasteiger partial charge < -0.3 is 5.32 Å². The summed E-state index contributed by atoms with van der Waals surface area (Å²) in [4.78, 5) is 20.7. The van der Waals surface area contributed by atoms with E-state index in [1.807, 2.05) is 24.3 Å². The van der Waals surface area contributed by atoms with Gasteiger partial charge in [0.25, 0.3) is 5.91 Å². The summed E-state index contributed by atoms with van der Waals surface area (Å²) >= 11 is 1.25. The summed E-state index contributed by atoms with van der Waals surface area (Å²) in [6, 6.07) is 11.3. The second-order valence-electron chi connectivity index (χ2n) is 7.34. The molecule has 0 bridgehead atoms. The standard InChI is InChI=1S/C22H18F3N5OS/c1-13(2)14-3-5-15(6-4-14)21-29-19(10-32-21)20(31)28-18-8-7-16(30-12-26-11-27-30)9-17(18)22(23,24)25/h3-13H,1-2H3,(H,28,31). The lowest BCUT2D eigenvalue weighted by molar-refractivity contribution is -0.136. The molecule has 2 heterocycles. The van der Waals surface area contributed by atoms with Crippen LogP contribution in [0.5, 0.6) is 0 Å². The molecule has 0 atom stereocenters. The molecule has 10 heteroatoms. The summed E-state index contributed by atoms with van der Waals surface area (Å²) in [5, 5.41) is 8.31. The zero-order valence-corrected chi connectivity index (χ0v) is 17.9. The minimum atomic E-state index is -4.68. The van der Waals surface area contributed by atoms with Crippen molar-refractivity contribution in [2.24, 2.45) is 0 Å². The highest BCUT2D eigenvalue weighted by Crippen LogP contribution is 2.36. The first-order valence-corrected chi connectivity index (χ1v) is 10.5. The molecule has 0 fully saturated rings. The van der Waals surface area contributed by atoms with E-state index in [4.69, 9.17) is 0 Å². The van der Waals surface area contributed by atoms with Crippen LogP contribution >= 0.6 is 11.3 Å². The molecule has 4 rings (SSSR count). The number of carbonyl (C=O) groups excluding carboxylic acids is 1. The van der Waals surface area contributed by atoms with Gasteiger partial charge in [0.1, 0.15) is 23.4 Å². The Hall–Kier alpha value is -3.53. The maximum Gasteiger partial charge on any atom is 0.418 e. The molecule has 0 aliphatic heterocycles. The summed E-state index contributed by atoms with van der Waals surface area (Å²) in [6.45, 7) is 4.18. The van der Waals surface area contributed by atoms with E-state index >= 15 is 0 Å². The first-order chi connectivity index (χ1) is 15.2. The van der Waals surface area contributed by atoms with E-state index < -0.39 is 17.6 Å². The molecule has 0 radical (unpaired) electrons. The molecule has 32 heavy (non-hydrogen) atoms. The third-order valence-electron chi connectivity index (χ3n) is 4.80. The zero-order chi connectivity index (χ0) is 22.9. The highest BCUT2D eigenvalue weighted by Gasteiger charge is 2.34. The number of hydrogen-bond donors (Lipinski definition) is 1. The van der Waals surface area contributed by atoms with Gasteiger partial charge in [-0.3, -0.25) is 4.79 Å². The Morgan fingerprint density at radius 3 is 2.50 bits per heavy atom. The Morgan fingerprint density at radius 2 is 1.88 bits per heavy atom. The molecule has 2 aromatic carbocycles. The van der Waals surface area contributed by atoms with Crippen molar-refractivity contribution in [2.75, 3.05) is 5.32 Å². The van der Waals surface area contributed by atoms with Crippen LogP contribution in [0.4, 0.5) is 18.9 Å². The topological polar surface area (TPSA) is 72.7 Å². The fourth-order valence-electron chi connectivity index (χ4n) is 3.07. The molecule has 2 aromatic heterocycles. The van der Waals surface area contributed by atoms with Crippen molar-refractivity contribution < 1.29 is 18.0 Å². The van der Waals surface area contributed by atoms with E-state index in [2.05, 4.69) is 34.2 Å². The Labute approximate surface area is 185 Å². The predicted molar refractivity (Wildman–Crippen MR) is 116 cm³/mol. The van der Waals surface area contributed by atoms with Gasteiger partial charge in [0.05, 0.1) is 16.9 Å². The van der Waals surface area contributed by atoms with Crippen LogP contribution in [0.25, 0.3) is 16.3 Å². The number of amides is 1. The largest absolute Gasteiger partial charge is 0.418 e. The molecule has 164 valence electrons. The van der Waals surface area contributed by atoms with Crippen molar-refractivity contribution >= 4 is 22.9 Å². The summed E-state index contributed by atoms with van der Waals surface area (Å²) < 4.78 is 42.1. The van der Waals surface area contributed by atoms with Crippen molar-refractivity contribution in [3.8, 4) is 16.3 Å². The second kappa shape index (κ2) is 8.54. The van der Waals surface area contributed by atoms with Gasteiger partial charge in [0.2, 0.25) is 0 Å². The van der Waals surface area contributed by atoms with Gasteiger partial charge >= 0.3 is 6.18 Å². The van der Waals surface area contributed by atoms with Crippen molar-refractivity contribution in [3.63, 3.8) is 0 Å². The number of nitrogens with one attached hydrogen (secondary N) is 1. The van der Waals surface area contributed by atoms with Gasteiger partial charge in [-0.2, -0.15) is 18.3 Å². The molecule has 0 unspecified atom stereocenters. The molecule has 4 aromatic rings. The smallest absolute Gasteiger partial charge is 0.320 e. The average Bonchev–Trinajstić information content (AvgIpc) is 3.46. The van der Waals surface area contributed by atoms with Crippen LogP contribution in [0.15, 0.2) is 60.5 Å². The Kier molecular flexibility index (Phi) is 5.79. The monoisotopic (exact) mass is 457 g/mol. The molecule has 1 amide bonds. The Morgan fingerprint density at radius 1 is 1.12 bits per heavy atom. The normalized spacial score (nSPS) is 11.7. The number of carbonyl (C=O) groups is 1. The van der Waals surface area contributed by atoms with Crippen molar-refractivity contribution in [1.29, 1.82) is 0 Å². The fourth-order valence-corrected chi connectivity index (χ4v) is 3.87. The van der Waals surface area contributed by atoms with Gasteiger partial charge in [-0.25, -0.2) is 14.6 Å². The highest BCUT2D eigenvalue weighted by molar-refractivity contribution is 7.13. The van der Waals surface area contributed by atoms with E-state index in [0.29, 0.717) is 10.9 Å². The first kappa shape index (κ1) is 21.7. The number of anilines is 1.